The van der Waals surface area contributed by atoms with Crippen molar-refractivity contribution in [2.45, 2.75) is 83.0 Å². The average Bonchev–Trinajstić information content (AvgIpc) is 2.68. The van der Waals surface area contributed by atoms with Gasteiger partial charge in [0.15, 0.2) is 0 Å². The molecule has 0 spiro atoms. The highest BCUT2D eigenvalue weighted by Gasteiger charge is 2.26. The van der Waals surface area contributed by atoms with Crippen LogP contribution in [0.4, 0.5) is 5.95 Å². The molecule has 2 aromatic rings. The van der Waals surface area contributed by atoms with Gasteiger partial charge in [0, 0.05) is 23.5 Å². The van der Waals surface area contributed by atoms with Crippen LogP contribution >= 0.6 is 0 Å². The van der Waals surface area contributed by atoms with Gasteiger partial charge in [0.05, 0.1) is 17.0 Å². The fourth-order valence-electron chi connectivity index (χ4n) is 4.26. The minimum Gasteiger partial charge on any atom is -0.474 e. The Balaban J connectivity index is 1.71. The Bertz CT molecular complexity index is 837. The SMILES string of the molecule is CC(C)(C)Nc1ncc2c(OC3CCNCC3)ncc(C3CCC(O)CC3)c2n1. The molecule has 3 N–H and O–H groups in total. The molecule has 7 nitrogen and oxygen atoms in total. The molecule has 0 radical (unpaired) electrons. The molecule has 0 amide bonds. The molecule has 158 valence electrons. The molecular weight excluding hydrogens is 366 g/mol. The van der Waals surface area contributed by atoms with Gasteiger partial charge in [-0.2, -0.15) is 0 Å². The van der Waals surface area contributed by atoms with Crippen molar-refractivity contribution < 1.29 is 9.84 Å². The number of aromatic nitrogens is 3. The van der Waals surface area contributed by atoms with Gasteiger partial charge in [0.25, 0.3) is 0 Å². The van der Waals surface area contributed by atoms with Crippen molar-refractivity contribution in [3.63, 3.8) is 0 Å². The Morgan fingerprint density at radius 3 is 2.45 bits per heavy atom. The fourth-order valence-corrected chi connectivity index (χ4v) is 4.26. The van der Waals surface area contributed by atoms with Gasteiger partial charge in [-0.1, -0.05) is 0 Å². The highest BCUT2D eigenvalue weighted by molar-refractivity contribution is 5.86. The third-order valence-electron chi connectivity index (χ3n) is 5.80. The van der Waals surface area contributed by atoms with Gasteiger partial charge in [-0.05, 0) is 78.3 Å². The molecule has 1 aliphatic carbocycles. The number of aliphatic hydroxyl groups is 1. The van der Waals surface area contributed by atoms with Crippen molar-refractivity contribution in [1.29, 1.82) is 0 Å². The van der Waals surface area contributed by atoms with E-state index >= 15 is 0 Å². The maximum Gasteiger partial charge on any atom is 0.224 e. The maximum absolute atomic E-state index is 9.91. The van der Waals surface area contributed by atoms with Crippen molar-refractivity contribution in [2.75, 3.05) is 18.4 Å². The molecule has 4 rings (SSSR count). The van der Waals surface area contributed by atoms with E-state index < -0.39 is 0 Å². The predicted octanol–water partition coefficient (Wildman–Crippen LogP) is 3.38. The molecule has 3 heterocycles. The summed E-state index contributed by atoms with van der Waals surface area (Å²) in [6.45, 7) is 8.25. The summed E-state index contributed by atoms with van der Waals surface area (Å²) in [7, 11) is 0. The molecule has 0 unspecified atom stereocenters. The van der Waals surface area contributed by atoms with Crippen LogP contribution in [0.5, 0.6) is 5.88 Å². The van der Waals surface area contributed by atoms with Gasteiger partial charge >= 0.3 is 0 Å². The van der Waals surface area contributed by atoms with E-state index in [9.17, 15) is 5.11 Å². The predicted molar refractivity (Wildman–Crippen MR) is 114 cm³/mol. The summed E-state index contributed by atoms with van der Waals surface area (Å²) < 4.78 is 6.28. The quantitative estimate of drug-likeness (QED) is 0.726. The zero-order valence-electron chi connectivity index (χ0n) is 17.7. The third-order valence-corrected chi connectivity index (χ3v) is 5.80. The number of ether oxygens (including phenoxy) is 1. The molecule has 0 aromatic carbocycles. The lowest BCUT2D eigenvalue weighted by Gasteiger charge is -2.27. The van der Waals surface area contributed by atoms with Crippen LogP contribution < -0.4 is 15.4 Å². The molecule has 0 bridgehead atoms. The number of hydrogen-bond acceptors (Lipinski definition) is 7. The molecule has 1 saturated heterocycles. The van der Waals surface area contributed by atoms with E-state index in [-0.39, 0.29) is 17.7 Å². The summed E-state index contributed by atoms with van der Waals surface area (Å²) in [5.74, 6) is 1.62. The van der Waals surface area contributed by atoms with Crippen LogP contribution in [0.1, 0.15) is 70.8 Å². The number of fused-ring (bicyclic) bond motifs is 1. The van der Waals surface area contributed by atoms with E-state index in [0.29, 0.717) is 17.7 Å². The monoisotopic (exact) mass is 399 g/mol. The van der Waals surface area contributed by atoms with E-state index in [2.05, 4.69) is 36.4 Å². The number of pyridine rings is 1. The van der Waals surface area contributed by atoms with Gasteiger partial charge in [0.1, 0.15) is 6.10 Å². The highest BCUT2D eigenvalue weighted by atomic mass is 16.5. The zero-order chi connectivity index (χ0) is 20.4. The molecule has 1 aliphatic heterocycles. The minimum atomic E-state index is -0.180. The molecule has 29 heavy (non-hydrogen) atoms. The van der Waals surface area contributed by atoms with Crippen molar-refractivity contribution >= 4 is 16.9 Å². The summed E-state index contributed by atoms with van der Waals surface area (Å²) in [4.78, 5) is 14.1. The number of nitrogens with zero attached hydrogens (tertiary/aromatic N) is 3. The Labute approximate surface area is 172 Å². The van der Waals surface area contributed by atoms with E-state index in [1.807, 2.05) is 12.4 Å². The normalized spacial score (nSPS) is 23.9. The average molecular weight is 400 g/mol. The second kappa shape index (κ2) is 8.40. The molecule has 2 aromatic heterocycles. The molecule has 0 atom stereocenters. The van der Waals surface area contributed by atoms with Crippen LogP contribution in [0.15, 0.2) is 12.4 Å². The first-order valence-corrected chi connectivity index (χ1v) is 10.9. The first kappa shape index (κ1) is 20.3. The lowest BCUT2D eigenvalue weighted by atomic mass is 9.83. The van der Waals surface area contributed by atoms with Gasteiger partial charge in [-0.25, -0.2) is 15.0 Å². The van der Waals surface area contributed by atoms with Crippen LogP contribution in [0.3, 0.4) is 0 Å². The molecule has 1 saturated carbocycles. The minimum absolute atomic E-state index is 0.121. The summed E-state index contributed by atoms with van der Waals surface area (Å²) in [5.41, 5.74) is 1.94. The molecule has 2 fully saturated rings. The van der Waals surface area contributed by atoms with Crippen LogP contribution in [0, 0.1) is 0 Å². The number of rotatable bonds is 4. The van der Waals surface area contributed by atoms with Crippen LogP contribution in [0.2, 0.25) is 0 Å². The smallest absolute Gasteiger partial charge is 0.224 e. The number of aliphatic hydroxyl groups excluding tert-OH is 1. The Hall–Kier alpha value is -1.99. The Kier molecular flexibility index (Phi) is 5.88. The first-order valence-electron chi connectivity index (χ1n) is 10.9. The number of piperidine rings is 1. The van der Waals surface area contributed by atoms with E-state index in [1.54, 1.807) is 0 Å². The van der Waals surface area contributed by atoms with E-state index in [1.165, 1.54) is 0 Å². The standard InChI is InChI=1S/C22H33N5O2/c1-22(2,3)27-21-25-13-18-19(26-21)17(14-4-6-15(28)7-5-14)12-24-20(18)29-16-8-10-23-11-9-16/h12-16,23,28H,4-11H2,1-3H3,(H,25,26,27). The van der Waals surface area contributed by atoms with Crippen LogP contribution in [-0.2, 0) is 0 Å². The fraction of sp³-hybridized carbons (Fsp3) is 0.682. The summed E-state index contributed by atoms with van der Waals surface area (Å²) >= 11 is 0. The topological polar surface area (TPSA) is 92.2 Å². The van der Waals surface area contributed by atoms with E-state index in [0.717, 1.165) is 68.1 Å². The second-order valence-corrected chi connectivity index (χ2v) is 9.42. The molecular formula is C22H33N5O2. The van der Waals surface area contributed by atoms with Crippen molar-refractivity contribution in [3.05, 3.63) is 18.0 Å². The van der Waals surface area contributed by atoms with Crippen molar-refractivity contribution in [3.8, 4) is 5.88 Å². The second-order valence-electron chi connectivity index (χ2n) is 9.42. The van der Waals surface area contributed by atoms with Gasteiger partial charge < -0.3 is 20.5 Å². The first-order chi connectivity index (χ1) is 13.9. The van der Waals surface area contributed by atoms with Gasteiger partial charge in [-0.3, -0.25) is 0 Å². The third kappa shape index (κ3) is 4.95. The van der Waals surface area contributed by atoms with Gasteiger partial charge in [0.2, 0.25) is 11.8 Å². The highest BCUT2D eigenvalue weighted by Crippen LogP contribution is 2.38. The summed E-state index contributed by atoms with van der Waals surface area (Å²) in [6, 6.07) is 0. The molecule has 7 heteroatoms. The van der Waals surface area contributed by atoms with Crippen LogP contribution in [-0.4, -0.2) is 50.9 Å². The lowest BCUT2D eigenvalue weighted by molar-refractivity contribution is 0.122. The Morgan fingerprint density at radius 2 is 1.76 bits per heavy atom. The molecule has 2 aliphatic rings. The largest absolute Gasteiger partial charge is 0.474 e. The number of anilines is 1. The number of nitrogens with one attached hydrogen (secondary N) is 2. The summed E-state index contributed by atoms with van der Waals surface area (Å²) in [6.07, 6.45) is 9.32. The van der Waals surface area contributed by atoms with Crippen molar-refractivity contribution in [1.82, 2.24) is 20.3 Å². The summed E-state index contributed by atoms with van der Waals surface area (Å²) in [5, 5.41) is 17.5. The van der Waals surface area contributed by atoms with Crippen molar-refractivity contribution in [2.24, 2.45) is 0 Å². The zero-order valence-corrected chi connectivity index (χ0v) is 17.7. The van der Waals surface area contributed by atoms with Crippen LogP contribution in [0.25, 0.3) is 10.9 Å². The Morgan fingerprint density at radius 1 is 1.03 bits per heavy atom. The van der Waals surface area contributed by atoms with E-state index in [4.69, 9.17) is 14.7 Å². The maximum atomic E-state index is 9.91. The lowest BCUT2D eigenvalue weighted by Crippen LogP contribution is -2.34. The van der Waals surface area contributed by atoms with Gasteiger partial charge in [-0.15, -0.1) is 0 Å². The number of hydrogen-bond donors (Lipinski definition) is 3.